The SMILES string of the molecule is O=C(Cc1ccc(Br)c2ccccc12)N/N=C/c1ccccc1O. The monoisotopic (exact) mass is 382 g/mol. The number of amides is 1. The zero-order valence-electron chi connectivity index (χ0n) is 12.7. The first-order valence-corrected chi connectivity index (χ1v) is 8.20. The van der Waals surface area contributed by atoms with Crippen molar-refractivity contribution in [3.8, 4) is 5.75 Å². The summed E-state index contributed by atoms with van der Waals surface area (Å²) in [5.41, 5.74) is 3.98. The number of phenolic OH excluding ortho intramolecular Hbond substituents is 1. The average molecular weight is 383 g/mol. The van der Waals surface area contributed by atoms with Gasteiger partial charge >= 0.3 is 0 Å². The first kappa shape index (κ1) is 16.2. The van der Waals surface area contributed by atoms with Crippen LogP contribution < -0.4 is 5.43 Å². The van der Waals surface area contributed by atoms with Crippen LogP contribution in [0.4, 0.5) is 0 Å². The van der Waals surface area contributed by atoms with E-state index in [9.17, 15) is 9.90 Å². The highest BCUT2D eigenvalue weighted by Gasteiger charge is 2.08. The van der Waals surface area contributed by atoms with E-state index in [2.05, 4.69) is 26.5 Å². The molecule has 4 nitrogen and oxygen atoms in total. The Hall–Kier alpha value is -2.66. The molecule has 0 saturated carbocycles. The number of benzene rings is 3. The number of hydrazone groups is 1. The topological polar surface area (TPSA) is 61.7 Å². The number of nitrogens with one attached hydrogen (secondary N) is 1. The third kappa shape index (κ3) is 3.63. The number of aromatic hydroxyl groups is 1. The van der Waals surface area contributed by atoms with Gasteiger partial charge in [0.25, 0.3) is 0 Å². The summed E-state index contributed by atoms with van der Waals surface area (Å²) in [5.74, 6) is -0.0939. The lowest BCUT2D eigenvalue weighted by Gasteiger charge is -2.07. The fourth-order valence-corrected chi connectivity index (χ4v) is 2.94. The van der Waals surface area contributed by atoms with Crippen LogP contribution in [0.1, 0.15) is 11.1 Å². The lowest BCUT2D eigenvalue weighted by Crippen LogP contribution is -2.19. The molecular weight excluding hydrogens is 368 g/mol. The van der Waals surface area contributed by atoms with Crippen molar-refractivity contribution in [2.45, 2.75) is 6.42 Å². The average Bonchev–Trinajstić information content (AvgIpc) is 2.59. The van der Waals surface area contributed by atoms with E-state index in [-0.39, 0.29) is 18.1 Å². The van der Waals surface area contributed by atoms with Crippen LogP contribution >= 0.6 is 15.9 Å². The number of hydrogen-bond donors (Lipinski definition) is 2. The highest BCUT2D eigenvalue weighted by molar-refractivity contribution is 9.10. The Morgan fingerprint density at radius 2 is 1.75 bits per heavy atom. The van der Waals surface area contributed by atoms with E-state index < -0.39 is 0 Å². The second kappa shape index (κ2) is 7.27. The number of hydrogen-bond acceptors (Lipinski definition) is 3. The van der Waals surface area contributed by atoms with Crippen LogP contribution in [0.2, 0.25) is 0 Å². The lowest BCUT2D eigenvalue weighted by molar-refractivity contribution is -0.120. The molecule has 0 bridgehead atoms. The Bertz CT molecular complexity index is 922. The van der Waals surface area contributed by atoms with Crippen LogP contribution in [0.15, 0.2) is 70.2 Å². The van der Waals surface area contributed by atoms with Crippen LogP contribution in [-0.4, -0.2) is 17.2 Å². The van der Waals surface area contributed by atoms with Gasteiger partial charge in [0.2, 0.25) is 5.91 Å². The molecule has 2 N–H and O–H groups in total. The van der Waals surface area contributed by atoms with Crippen molar-refractivity contribution in [1.82, 2.24) is 5.43 Å². The molecule has 5 heteroatoms. The minimum Gasteiger partial charge on any atom is -0.507 e. The number of nitrogens with zero attached hydrogens (tertiary/aromatic N) is 1. The number of carbonyl (C=O) groups is 1. The summed E-state index contributed by atoms with van der Waals surface area (Å²) in [5, 5.41) is 15.7. The number of rotatable bonds is 4. The second-order valence-corrected chi connectivity index (χ2v) is 6.14. The number of fused-ring (bicyclic) bond motifs is 1. The quantitative estimate of drug-likeness (QED) is 0.529. The van der Waals surface area contributed by atoms with Gasteiger partial charge in [0.1, 0.15) is 5.75 Å². The number of para-hydroxylation sites is 1. The predicted molar refractivity (Wildman–Crippen MR) is 99.2 cm³/mol. The maximum atomic E-state index is 12.1. The van der Waals surface area contributed by atoms with Gasteiger partial charge in [0.15, 0.2) is 0 Å². The second-order valence-electron chi connectivity index (χ2n) is 5.28. The number of carbonyl (C=O) groups excluding carboxylic acids is 1. The van der Waals surface area contributed by atoms with Gasteiger partial charge in [-0.1, -0.05) is 58.4 Å². The van der Waals surface area contributed by atoms with E-state index in [0.717, 1.165) is 20.8 Å². The first-order valence-electron chi connectivity index (χ1n) is 7.41. The smallest absolute Gasteiger partial charge is 0.244 e. The molecule has 0 aliphatic carbocycles. The maximum absolute atomic E-state index is 12.1. The van der Waals surface area contributed by atoms with Crippen LogP contribution in [0, 0.1) is 0 Å². The fraction of sp³-hybridized carbons (Fsp3) is 0.0526. The molecular formula is C19H15BrN2O2. The fourth-order valence-electron chi connectivity index (χ4n) is 2.46. The zero-order valence-corrected chi connectivity index (χ0v) is 14.3. The van der Waals surface area contributed by atoms with Crippen molar-refractivity contribution in [3.05, 3.63) is 76.3 Å². The largest absolute Gasteiger partial charge is 0.507 e. The molecule has 0 aromatic heterocycles. The zero-order chi connectivity index (χ0) is 16.9. The summed E-state index contributed by atoms with van der Waals surface area (Å²) in [7, 11) is 0. The molecule has 0 unspecified atom stereocenters. The molecule has 3 aromatic rings. The van der Waals surface area contributed by atoms with Crippen molar-refractivity contribution < 1.29 is 9.90 Å². The van der Waals surface area contributed by atoms with Gasteiger partial charge in [-0.2, -0.15) is 5.10 Å². The van der Waals surface area contributed by atoms with E-state index in [1.165, 1.54) is 6.21 Å². The van der Waals surface area contributed by atoms with Crippen molar-refractivity contribution in [3.63, 3.8) is 0 Å². The van der Waals surface area contributed by atoms with E-state index in [1.54, 1.807) is 24.3 Å². The molecule has 0 saturated heterocycles. The normalized spacial score (nSPS) is 11.0. The van der Waals surface area contributed by atoms with E-state index >= 15 is 0 Å². The Balaban J connectivity index is 1.72. The van der Waals surface area contributed by atoms with Crippen LogP contribution in [0.5, 0.6) is 5.75 Å². The number of halogens is 1. The summed E-state index contributed by atoms with van der Waals surface area (Å²) in [6.45, 7) is 0. The maximum Gasteiger partial charge on any atom is 0.244 e. The van der Waals surface area contributed by atoms with Gasteiger partial charge in [-0.25, -0.2) is 5.43 Å². The number of phenols is 1. The first-order chi connectivity index (χ1) is 11.6. The van der Waals surface area contributed by atoms with Gasteiger partial charge in [-0.15, -0.1) is 0 Å². The van der Waals surface area contributed by atoms with Crippen molar-refractivity contribution >= 4 is 38.8 Å². The minimum absolute atomic E-state index is 0.120. The minimum atomic E-state index is -0.214. The molecule has 0 spiro atoms. The van der Waals surface area contributed by atoms with Crippen LogP contribution in [-0.2, 0) is 11.2 Å². The molecule has 0 aliphatic rings. The third-order valence-corrected chi connectivity index (χ3v) is 4.33. The summed E-state index contributed by atoms with van der Waals surface area (Å²) < 4.78 is 1.000. The van der Waals surface area contributed by atoms with Crippen molar-refractivity contribution in [1.29, 1.82) is 0 Å². The highest BCUT2D eigenvalue weighted by Crippen LogP contribution is 2.27. The van der Waals surface area contributed by atoms with Gasteiger partial charge < -0.3 is 5.11 Å². The van der Waals surface area contributed by atoms with E-state index in [1.807, 2.05) is 36.4 Å². The van der Waals surface area contributed by atoms with Crippen LogP contribution in [0.3, 0.4) is 0 Å². The van der Waals surface area contributed by atoms with Crippen molar-refractivity contribution in [2.75, 3.05) is 0 Å². The standard InChI is InChI=1S/C19H15BrN2O2/c20-17-10-9-13(15-6-2-3-7-16(15)17)11-19(24)22-21-12-14-5-1-4-8-18(14)23/h1-10,12,23H,11H2,(H,22,24)/b21-12+. The molecule has 24 heavy (non-hydrogen) atoms. The molecule has 0 fully saturated rings. The molecule has 0 radical (unpaired) electrons. The van der Waals surface area contributed by atoms with Gasteiger partial charge in [0, 0.05) is 10.0 Å². The van der Waals surface area contributed by atoms with Gasteiger partial charge in [-0.05, 0) is 34.5 Å². The molecule has 0 atom stereocenters. The summed E-state index contributed by atoms with van der Waals surface area (Å²) >= 11 is 3.52. The van der Waals surface area contributed by atoms with Crippen molar-refractivity contribution in [2.24, 2.45) is 5.10 Å². The predicted octanol–water partition coefficient (Wildman–Crippen LogP) is 4.00. The van der Waals surface area contributed by atoms with E-state index in [4.69, 9.17) is 0 Å². The van der Waals surface area contributed by atoms with Gasteiger partial charge in [-0.3, -0.25) is 4.79 Å². The molecule has 3 rings (SSSR count). The Morgan fingerprint density at radius 3 is 2.54 bits per heavy atom. The molecule has 0 aliphatic heterocycles. The molecule has 120 valence electrons. The third-order valence-electron chi connectivity index (χ3n) is 3.64. The molecule has 0 heterocycles. The summed E-state index contributed by atoms with van der Waals surface area (Å²) in [4.78, 5) is 12.1. The highest BCUT2D eigenvalue weighted by atomic mass is 79.9. The molecule has 3 aromatic carbocycles. The summed E-state index contributed by atoms with van der Waals surface area (Å²) in [6.07, 6.45) is 1.65. The Morgan fingerprint density at radius 1 is 1.04 bits per heavy atom. The Kier molecular flexibility index (Phi) is 4.91. The van der Waals surface area contributed by atoms with E-state index in [0.29, 0.717) is 5.56 Å². The summed E-state index contributed by atoms with van der Waals surface area (Å²) in [6, 6.07) is 18.6. The van der Waals surface area contributed by atoms with Gasteiger partial charge in [0.05, 0.1) is 12.6 Å². The Labute approximate surface area is 148 Å². The van der Waals surface area contributed by atoms with Crippen LogP contribution in [0.25, 0.3) is 10.8 Å². The lowest BCUT2D eigenvalue weighted by atomic mass is 10.0. The molecule has 1 amide bonds.